The maximum Gasteiger partial charge on any atom is 0.0159 e. The predicted molar refractivity (Wildman–Crippen MR) is 59.3 cm³/mol. The highest BCUT2D eigenvalue weighted by molar-refractivity contribution is 8.77. The third-order valence-corrected chi connectivity index (χ3v) is 4.61. The summed E-state index contributed by atoms with van der Waals surface area (Å²) in [5, 5.41) is 0.995. The van der Waals surface area contributed by atoms with Gasteiger partial charge in [-0.2, -0.15) is 0 Å². The van der Waals surface area contributed by atoms with Crippen LogP contribution in [0.2, 0.25) is 0 Å². The molecular formula is C9H20S2. The van der Waals surface area contributed by atoms with Crippen molar-refractivity contribution in [2.45, 2.75) is 51.7 Å². The standard InChI is InChI=1S/C7H14S2.C2H6/c1-2-3-4-7-5-6-8-9-7;1-2/h7H,2-6H2,1H3;1-2H3. The molecule has 1 heterocycles. The Labute approximate surface area is 79.3 Å². The second-order valence-electron chi connectivity index (χ2n) is 2.47. The van der Waals surface area contributed by atoms with Crippen LogP contribution in [0.1, 0.15) is 46.5 Å². The zero-order valence-corrected chi connectivity index (χ0v) is 9.56. The SMILES string of the molecule is CC.CCCCC1CCSS1. The lowest BCUT2D eigenvalue weighted by Gasteiger charge is -2.03. The molecule has 11 heavy (non-hydrogen) atoms. The van der Waals surface area contributed by atoms with E-state index < -0.39 is 0 Å². The molecule has 0 bridgehead atoms. The third kappa shape index (κ3) is 5.92. The minimum Gasteiger partial charge on any atom is -0.0938 e. The molecule has 0 saturated carbocycles. The van der Waals surface area contributed by atoms with E-state index in [1.165, 1.54) is 31.4 Å². The summed E-state index contributed by atoms with van der Waals surface area (Å²) in [6, 6.07) is 0. The first-order chi connectivity index (χ1) is 5.43. The molecule has 0 N–H and O–H groups in total. The lowest BCUT2D eigenvalue weighted by Crippen LogP contribution is -1.95. The molecule has 0 aromatic carbocycles. The van der Waals surface area contributed by atoms with E-state index in [9.17, 15) is 0 Å². The minimum absolute atomic E-state index is 0.995. The largest absolute Gasteiger partial charge is 0.0938 e. The van der Waals surface area contributed by atoms with E-state index in [1.54, 1.807) is 0 Å². The van der Waals surface area contributed by atoms with E-state index >= 15 is 0 Å². The highest BCUT2D eigenvalue weighted by Crippen LogP contribution is 2.39. The second-order valence-corrected chi connectivity index (χ2v) is 5.26. The Kier molecular flexibility index (Phi) is 9.35. The van der Waals surface area contributed by atoms with Crippen LogP contribution >= 0.6 is 21.6 Å². The molecule has 0 spiro atoms. The Hall–Kier alpha value is 0.700. The van der Waals surface area contributed by atoms with Crippen molar-refractivity contribution in [3.63, 3.8) is 0 Å². The van der Waals surface area contributed by atoms with Crippen LogP contribution in [0.5, 0.6) is 0 Å². The van der Waals surface area contributed by atoms with Gasteiger partial charge in [0.1, 0.15) is 0 Å². The van der Waals surface area contributed by atoms with Crippen molar-refractivity contribution >= 4 is 21.6 Å². The van der Waals surface area contributed by atoms with Gasteiger partial charge in [-0.3, -0.25) is 0 Å². The Balaban J connectivity index is 0.000000461. The summed E-state index contributed by atoms with van der Waals surface area (Å²) in [6.07, 6.45) is 5.70. The fraction of sp³-hybridized carbons (Fsp3) is 1.00. The summed E-state index contributed by atoms with van der Waals surface area (Å²) in [5.41, 5.74) is 0. The second kappa shape index (κ2) is 8.79. The topological polar surface area (TPSA) is 0 Å². The quantitative estimate of drug-likeness (QED) is 0.609. The zero-order chi connectivity index (χ0) is 8.53. The van der Waals surface area contributed by atoms with Crippen LogP contribution in [-0.4, -0.2) is 11.0 Å². The Bertz CT molecular complexity index is 68.0. The maximum absolute atomic E-state index is 2.27. The first-order valence-electron chi connectivity index (χ1n) is 4.71. The number of rotatable bonds is 3. The Morgan fingerprint density at radius 2 is 2.09 bits per heavy atom. The van der Waals surface area contributed by atoms with Gasteiger partial charge in [0.25, 0.3) is 0 Å². The van der Waals surface area contributed by atoms with E-state index in [2.05, 4.69) is 17.7 Å². The van der Waals surface area contributed by atoms with Crippen molar-refractivity contribution < 1.29 is 0 Å². The van der Waals surface area contributed by atoms with Gasteiger partial charge < -0.3 is 0 Å². The molecule has 0 radical (unpaired) electrons. The number of hydrogen-bond acceptors (Lipinski definition) is 2. The molecule has 1 atom stereocenters. The molecule has 0 aromatic heterocycles. The van der Waals surface area contributed by atoms with E-state index in [4.69, 9.17) is 0 Å². The summed E-state index contributed by atoms with van der Waals surface area (Å²) < 4.78 is 0. The summed E-state index contributed by atoms with van der Waals surface area (Å²) >= 11 is 0. The Morgan fingerprint density at radius 1 is 1.36 bits per heavy atom. The summed E-state index contributed by atoms with van der Waals surface area (Å²) in [5.74, 6) is 1.39. The van der Waals surface area contributed by atoms with Crippen LogP contribution in [0.4, 0.5) is 0 Å². The van der Waals surface area contributed by atoms with Gasteiger partial charge in [0, 0.05) is 11.0 Å². The zero-order valence-electron chi connectivity index (χ0n) is 7.93. The molecule has 0 aliphatic carbocycles. The molecule has 0 aromatic rings. The van der Waals surface area contributed by atoms with E-state index in [1.807, 2.05) is 24.6 Å². The Morgan fingerprint density at radius 3 is 2.55 bits per heavy atom. The maximum atomic E-state index is 2.27. The number of unbranched alkanes of at least 4 members (excludes halogenated alkanes) is 1. The molecule has 68 valence electrons. The van der Waals surface area contributed by atoms with Crippen molar-refractivity contribution in [2.24, 2.45) is 0 Å². The average Bonchev–Trinajstić information content (AvgIpc) is 2.57. The van der Waals surface area contributed by atoms with Gasteiger partial charge in [-0.25, -0.2) is 0 Å². The molecule has 1 aliphatic rings. The van der Waals surface area contributed by atoms with Gasteiger partial charge >= 0.3 is 0 Å². The van der Waals surface area contributed by atoms with Crippen LogP contribution in [0.3, 0.4) is 0 Å². The smallest absolute Gasteiger partial charge is 0.0159 e. The molecule has 1 fully saturated rings. The summed E-state index contributed by atoms with van der Waals surface area (Å²) in [6.45, 7) is 6.27. The molecule has 0 amide bonds. The van der Waals surface area contributed by atoms with Crippen molar-refractivity contribution in [1.82, 2.24) is 0 Å². The van der Waals surface area contributed by atoms with Crippen LogP contribution in [0.15, 0.2) is 0 Å². The van der Waals surface area contributed by atoms with Crippen molar-refractivity contribution in [1.29, 1.82) is 0 Å². The van der Waals surface area contributed by atoms with Gasteiger partial charge in [-0.05, 0) is 12.8 Å². The van der Waals surface area contributed by atoms with Gasteiger partial charge in [-0.1, -0.05) is 55.2 Å². The van der Waals surface area contributed by atoms with Crippen LogP contribution in [-0.2, 0) is 0 Å². The normalized spacial score (nSPS) is 22.6. The molecule has 1 saturated heterocycles. The molecule has 2 heteroatoms. The third-order valence-electron chi connectivity index (χ3n) is 1.61. The molecular weight excluding hydrogens is 172 g/mol. The van der Waals surface area contributed by atoms with E-state index in [0.29, 0.717) is 0 Å². The molecule has 1 unspecified atom stereocenters. The van der Waals surface area contributed by atoms with Gasteiger partial charge in [-0.15, -0.1) is 0 Å². The lowest BCUT2D eigenvalue weighted by atomic mass is 10.2. The summed E-state index contributed by atoms with van der Waals surface area (Å²) in [7, 11) is 4.15. The van der Waals surface area contributed by atoms with Crippen molar-refractivity contribution in [3.8, 4) is 0 Å². The average molecular weight is 192 g/mol. The fourth-order valence-corrected chi connectivity index (χ4v) is 4.02. The molecule has 1 rings (SSSR count). The van der Waals surface area contributed by atoms with Crippen LogP contribution in [0, 0.1) is 0 Å². The highest BCUT2D eigenvalue weighted by atomic mass is 33.1. The first-order valence-corrected chi connectivity index (χ1v) is 7.10. The monoisotopic (exact) mass is 192 g/mol. The van der Waals surface area contributed by atoms with Gasteiger partial charge in [0.2, 0.25) is 0 Å². The van der Waals surface area contributed by atoms with Crippen molar-refractivity contribution in [2.75, 3.05) is 5.75 Å². The first kappa shape index (κ1) is 11.7. The predicted octanol–water partition coefficient (Wildman–Crippen LogP) is 4.36. The molecule has 1 aliphatic heterocycles. The van der Waals surface area contributed by atoms with E-state index in [-0.39, 0.29) is 0 Å². The lowest BCUT2D eigenvalue weighted by molar-refractivity contribution is 0.679. The summed E-state index contributed by atoms with van der Waals surface area (Å²) in [4.78, 5) is 0. The minimum atomic E-state index is 0.995. The van der Waals surface area contributed by atoms with Crippen molar-refractivity contribution in [3.05, 3.63) is 0 Å². The van der Waals surface area contributed by atoms with Crippen LogP contribution in [0.25, 0.3) is 0 Å². The van der Waals surface area contributed by atoms with Gasteiger partial charge in [0.15, 0.2) is 0 Å². The van der Waals surface area contributed by atoms with E-state index in [0.717, 1.165) is 5.25 Å². The fourth-order valence-electron chi connectivity index (χ4n) is 0.996. The highest BCUT2D eigenvalue weighted by Gasteiger charge is 2.14. The van der Waals surface area contributed by atoms with Gasteiger partial charge in [0.05, 0.1) is 0 Å². The van der Waals surface area contributed by atoms with Crippen LogP contribution < -0.4 is 0 Å². The number of hydrogen-bond donors (Lipinski definition) is 0. The molecule has 0 nitrogen and oxygen atoms in total.